The standard InChI is InChI=1S/C20H23ClF2N6O2/c21-12-6-13(22)8-14(7-12)29-17-19(30)25-5-3-20(17,11-2-1-4-28-31-9-11)16-15(23)18(24)27-10-26-16/h6-8,10-11,17,28-29H,1-5,9H2,(H,25,30)(H2,24,26,27). The van der Waals surface area contributed by atoms with Crippen molar-refractivity contribution in [2.75, 3.05) is 30.7 Å². The molecule has 0 bridgehead atoms. The second-order valence-corrected chi connectivity index (χ2v) is 8.22. The Hall–Kier alpha value is -2.56. The van der Waals surface area contributed by atoms with E-state index >= 15 is 4.39 Å². The first-order chi connectivity index (χ1) is 14.9. The number of hydrogen-bond donors (Lipinski definition) is 4. The number of nitrogen functional groups attached to an aromatic ring is 1. The van der Waals surface area contributed by atoms with E-state index in [1.807, 2.05) is 0 Å². The van der Waals surface area contributed by atoms with Gasteiger partial charge in [-0.2, -0.15) is 0 Å². The van der Waals surface area contributed by atoms with Crippen LogP contribution in [0, 0.1) is 17.6 Å². The zero-order chi connectivity index (χ0) is 22.0. The number of hydroxylamine groups is 1. The van der Waals surface area contributed by atoms with Gasteiger partial charge < -0.3 is 21.2 Å². The maximum absolute atomic E-state index is 15.3. The zero-order valence-electron chi connectivity index (χ0n) is 16.6. The number of halogens is 3. The maximum atomic E-state index is 15.3. The lowest BCUT2D eigenvalue weighted by Gasteiger charge is -2.48. The van der Waals surface area contributed by atoms with Crippen molar-refractivity contribution in [3.05, 3.63) is 46.9 Å². The minimum Gasteiger partial charge on any atom is -0.381 e. The summed E-state index contributed by atoms with van der Waals surface area (Å²) >= 11 is 6.00. The van der Waals surface area contributed by atoms with Crippen molar-refractivity contribution >= 4 is 29.0 Å². The zero-order valence-corrected chi connectivity index (χ0v) is 17.4. The Kier molecular flexibility index (Phi) is 6.22. The summed E-state index contributed by atoms with van der Waals surface area (Å²) in [4.78, 5) is 26.7. The van der Waals surface area contributed by atoms with E-state index in [0.717, 1.165) is 12.5 Å². The van der Waals surface area contributed by atoms with Gasteiger partial charge in [0.1, 0.15) is 18.2 Å². The fourth-order valence-corrected chi connectivity index (χ4v) is 4.83. The van der Waals surface area contributed by atoms with Gasteiger partial charge in [0.05, 0.1) is 17.7 Å². The van der Waals surface area contributed by atoms with E-state index in [-0.39, 0.29) is 35.0 Å². The van der Waals surface area contributed by atoms with Crippen LogP contribution in [0.4, 0.5) is 20.3 Å². The van der Waals surface area contributed by atoms with Gasteiger partial charge in [0.15, 0.2) is 11.6 Å². The molecule has 2 aliphatic heterocycles. The van der Waals surface area contributed by atoms with E-state index in [4.69, 9.17) is 22.2 Å². The van der Waals surface area contributed by atoms with E-state index in [2.05, 4.69) is 26.1 Å². The van der Waals surface area contributed by atoms with Crippen LogP contribution in [0.2, 0.25) is 5.02 Å². The van der Waals surface area contributed by atoms with Crippen LogP contribution < -0.4 is 21.8 Å². The molecule has 0 spiro atoms. The molecular formula is C20H23ClF2N6O2. The molecule has 0 radical (unpaired) electrons. The van der Waals surface area contributed by atoms with Gasteiger partial charge in [-0.3, -0.25) is 4.79 Å². The van der Waals surface area contributed by atoms with E-state index < -0.39 is 23.1 Å². The van der Waals surface area contributed by atoms with Crippen LogP contribution in [-0.2, 0) is 15.0 Å². The number of nitrogens with one attached hydrogen (secondary N) is 3. The van der Waals surface area contributed by atoms with Crippen LogP contribution in [0.3, 0.4) is 0 Å². The van der Waals surface area contributed by atoms with Gasteiger partial charge in [0.2, 0.25) is 5.91 Å². The van der Waals surface area contributed by atoms with Crippen LogP contribution in [0.15, 0.2) is 24.5 Å². The maximum Gasteiger partial charge on any atom is 0.243 e. The minimum atomic E-state index is -1.12. The van der Waals surface area contributed by atoms with Crippen molar-refractivity contribution in [3.8, 4) is 0 Å². The number of hydrogen-bond acceptors (Lipinski definition) is 7. The number of carbonyl (C=O) groups excluding carboxylic acids is 1. The summed E-state index contributed by atoms with van der Waals surface area (Å²) in [7, 11) is 0. The van der Waals surface area contributed by atoms with Crippen LogP contribution in [-0.4, -0.2) is 41.6 Å². The Morgan fingerprint density at radius 2 is 2.10 bits per heavy atom. The highest BCUT2D eigenvalue weighted by molar-refractivity contribution is 6.30. The summed E-state index contributed by atoms with van der Waals surface area (Å²) < 4.78 is 29.3. The number of aromatic nitrogens is 2. The molecule has 1 amide bonds. The summed E-state index contributed by atoms with van der Waals surface area (Å²) in [5, 5.41) is 6.07. The van der Waals surface area contributed by atoms with Crippen molar-refractivity contribution in [3.63, 3.8) is 0 Å². The number of rotatable bonds is 4. The first-order valence-corrected chi connectivity index (χ1v) is 10.4. The lowest BCUT2D eigenvalue weighted by Crippen LogP contribution is -2.63. The van der Waals surface area contributed by atoms with Gasteiger partial charge in [-0.25, -0.2) is 24.2 Å². The second kappa shape index (κ2) is 8.89. The molecule has 11 heteroatoms. The largest absolute Gasteiger partial charge is 0.381 e. The molecule has 2 aliphatic rings. The van der Waals surface area contributed by atoms with Gasteiger partial charge >= 0.3 is 0 Å². The molecular weight excluding hydrogens is 430 g/mol. The highest BCUT2D eigenvalue weighted by Gasteiger charge is 2.54. The highest BCUT2D eigenvalue weighted by Crippen LogP contribution is 2.45. The Morgan fingerprint density at radius 3 is 2.90 bits per heavy atom. The van der Waals surface area contributed by atoms with Gasteiger partial charge in [0.25, 0.3) is 0 Å². The SMILES string of the molecule is Nc1ncnc(C2(C3CCCNOC3)CCNC(=O)C2Nc2cc(F)cc(Cl)c2)c1F. The smallest absolute Gasteiger partial charge is 0.243 e. The molecule has 8 nitrogen and oxygen atoms in total. The molecule has 31 heavy (non-hydrogen) atoms. The first kappa shape index (κ1) is 21.7. The number of benzene rings is 1. The summed E-state index contributed by atoms with van der Waals surface area (Å²) in [6, 6.07) is 2.92. The van der Waals surface area contributed by atoms with Crippen LogP contribution >= 0.6 is 11.6 Å². The highest BCUT2D eigenvalue weighted by atomic mass is 35.5. The molecule has 3 heterocycles. The minimum absolute atomic E-state index is 0.0466. The third-order valence-electron chi connectivity index (χ3n) is 5.99. The Labute approximate surface area is 182 Å². The molecule has 0 aliphatic carbocycles. The van der Waals surface area contributed by atoms with Gasteiger partial charge in [0, 0.05) is 23.8 Å². The molecule has 2 fully saturated rings. The fraction of sp³-hybridized carbons (Fsp3) is 0.450. The summed E-state index contributed by atoms with van der Waals surface area (Å²) in [6.45, 7) is 1.18. The number of anilines is 2. The van der Waals surface area contributed by atoms with Crippen molar-refractivity contribution < 1.29 is 18.4 Å². The van der Waals surface area contributed by atoms with E-state index in [0.29, 0.717) is 31.6 Å². The lowest BCUT2D eigenvalue weighted by molar-refractivity contribution is -0.127. The molecule has 166 valence electrons. The van der Waals surface area contributed by atoms with Crippen molar-refractivity contribution in [2.24, 2.45) is 5.92 Å². The third-order valence-corrected chi connectivity index (χ3v) is 6.21. The third kappa shape index (κ3) is 4.15. The molecule has 3 atom stereocenters. The Morgan fingerprint density at radius 1 is 1.26 bits per heavy atom. The van der Waals surface area contributed by atoms with Gasteiger partial charge in [-0.15, -0.1) is 0 Å². The molecule has 0 saturated carbocycles. The molecule has 5 N–H and O–H groups in total. The van der Waals surface area contributed by atoms with Crippen LogP contribution in [0.1, 0.15) is 25.0 Å². The number of amides is 1. The van der Waals surface area contributed by atoms with E-state index in [9.17, 15) is 9.18 Å². The average Bonchev–Trinajstić information content (AvgIpc) is 3.01. The van der Waals surface area contributed by atoms with Crippen molar-refractivity contribution in [1.29, 1.82) is 0 Å². The quantitative estimate of drug-likeness (QED) is 0.562. The molecule has 2 saturated heterocycles. The van der Waals surface area contributed by atoms with Gasteiger partial charge in [-0.05, 0) is 43.4 Å². The predicted octanol–water partition coefficient (Wildman–Crippen LogP) is 2.16. The monoisotopic (exact) mass is 452 g/mol. The summed E-state index contributed by atoms with van der Waals surface area (Å²) in [5.41, 5.74) is 7.85. The predicted molar refractivity (Wildman–Crippen MR) is 111 cm³/mol. The Bertz CT molecular complexity index is 952. The second-order valence-electron chi connectivity index (χ2n) is 7.78. The van der Waals surface area contributed by atoms with Crippen molar-refractivity contribution in [1.82, 2.24) is 20.8 Å². The lowest BCUT2D eigenvalue weighted by atomic mass is 9.62. The van der Waals surface area contributed by atoms with Crippen molar-refractivity contribution in [2.45, 2.75) is 30.7 Å². The number of piperidine rings is 1. The molecule has 4 rings (SSSR count). The first-order valence-electron chi connectivity index (χ1n) is 10.0. The summed E-state index contributed by atoms with van der Waals surface area (Å²) in [5.74, 6) is -2.26. The number of nitrogens with zero attached hydrogens (tertiary/aromatic N) is 2. The number of carbonyl (C=O) groups is 1. The molecule has 1 aromatic heterocycles. The van der Waals surface area contributed by atoms with Gasteiger partial charge in [-0.1, -0.05) is 11.6 Å². The average molecular weight is 453 g/mol. The molecule has 3 unspecified atom stereocenters. The Balaban J connectivity index is 1.87. The molecule has 1 aromatic carbocycles. The normalized spacial score (nSPS) is 26.7. The topological polar surface area (TPSA) is 114 Å². The number of nitrogens with two attached hydrogens (primary N) is 1. The summed E-state index contributed by atoms with van der Waals surface area (Å²) in [6.07, 6.45) is 2.98. The van der Waals surface area contributed by atoms with E-state index in [1.165, 1.54) is 18.5 Å². The fourth-order valence-electron chi connectivity index (χ4n) is 4.61. The molecule has 2 aromatic rings. The van der Waals surface area contributed by atoms with E-state index in [1.54, 1.807) is 0 Å². The van der Waals surface area contributed by atoms with Crippen LogP contribution in [0.25, 0.3) is 0 Å². The van der Waals surface area contributed by atoms with Crippen LogP contribution in [0.5, 0.6) is 0 Å².